The second-order valence-electron chi connectivity index (χ2n) is 9.22. The molecule has 194 valence electrons. The lowest BCUT2D eigenvalue weighted by molar-refractivity contribution is 0.100. The number of benzene rings is 2. The number of likely N-dealkylation sites (tertiary alicyclic amines) is 1. The summed E-state index contributed by atoms with van der Waals surface area (Å²) in [6.45, 7) is 8.46. The Morgan fingerprint density at radius 1 is 1.14 bits per heavy atom. The van der Waals surface area contributed by atoms with Crippen molar-refractivity contribution in [2.24, 2.45) is 16.5 Å². The summed E-state index contributed by atoms with van der Waals surface area (Å²) in [4.78, 5) is 20.5. The van der Waals surface area contributed by atoms with Gasteiger partial charge in [-0.25, -0.2) is 8.42 Å². The molecule has 4 N–H and O–H groups in total. The highest BCUT2D eigenvalue weighted by atomic mass is 35.5. The van der Waals surface area contributed by atoms with Gasteiger partial charge in [-0.05, 0) is 69.6 Å². The first kappa shape index (κ1) is 26.2. The predicted molar refractivity (Wildman–Crippen MR) is 142 cm³/mol. The molecule has 1 amide bonds. The predicted octanol–water partition coefficient (Wildman–Crippen LogP) is 3.45. The van der Waals surface area contributed by atoms with E-state index in [0.29, 0.717) is 21.9 Å². The van der Waals surface area contributed by atoms with Gasteiger partial charge in [0.05, 0.1) is 10.8 Å². The minimum absolute atomic E-state index is 0.0550. The van der Waals surface area contributed by atoms with Crippen LogP contribution in [0.5, 0.6) is 11.5 Å². The van der Waals surface area contributed by atoms with Gasteiger partial charge in [-0.2, -0.15) is 4.99 Å². The average Bonchev–Trinajstić information content (AvgIpc) is 2.93. The number of halogens is 1. The van der Waals surface area contributed by atoms with Crippen molar-refractivity contribution in [3.63, 3.8) is 0 Å². The fraction of sp³-hybridized carbons (Fsp3) is 0.440. The topological polar surface area (TPSA) is 131 Å². The largest absolute Gasteiger partial charge is 0.454 e. The number of fused-ring (bicyclic) bond motifs is 2. The normalized spacial score (nSPS) is 16.8. The molecule has 2 aliphatic heterocycles. The van der Waals surface area contributed by atoms with Crippen LogP contribution < -0.4 is 21.1 Å². The third-order valence-corrected chi connectivity index (χ3v) is 8.54. The number of hydrogen-bond acceptors (Lipinski definition) is 6. The van der Waals surface area contributed by atoms with Crippen molar-refractivity contribution in [3.05, 3.63) is 46.0 Å². The van der Waals surface area contributed by atoms with Crippen molar-refractivity contribution >= 4 is 39.0 Å². The number of aliphatic imine (C=N–C) groups is 1. The molecule has 2 aliphatic rings. The molecule has 0 atom stereocenters. The lowest BCUT2D eigenvalue weighted by Crippen LogP contribution is -2.38. The summed E-state index contributed by atoms with van der Waals surface area (Å²) in [5, 5.41) is 0.335. The number of aryl methyl sites for hydroxylation is 1. The Balaban J connectivity index is 1.68. The van der Waals surface area contributed by atoms with E-state index in [1.54, 1.807) is 6.92 Å². The molecule has 1 fully saturated rings. The quantitative estimate of drug-likeness (QED) is 0.426. The minimum atomic E-state index is -3.87. The summed E-state index contributed by atoms with van der Waals surface area (Å²) in [5.41, 5.74) is 12.5. The number of carbonyl (C=O) groups excluding carboxylic acids is 1. The van der Waals surface area contributed by atoms with Crippen LogP contribution in [0.15, 0.2) is 34.2 Å². The number of ether oxygens (including phenoxy) is 1. The second-order valence-corrected chi connectivity index (χ2v) is 11.6. The van der Waals surface area contributed by atoms with Gasteiger partial charge in [0.2, 0.25) is 0 Å². The Morgan fingerprint density at radius 2 is 1.86 bits per heavy atom. The van der Waals surface area contributed by atoms with E-state index in [0.717, 1.165) is 38.4 Å². The van der Waals surface area contributed by atoms with Crippen LogP contribution in [0, 0.1) is 6.92 Å². The number of hydrogen-bond donors (Lipinski definition) is 2. The monoisotopic (exact) mass is 533 g/mol. The molecule has 0 spiro atoms. The van der Waals surface area contributed by atoms with Crippen molar-refractivity contribution in [3.8, 4) is 11.5 Å². The van der Waals surface area contributed by atoms with E-state index in [1.165, 1.54) is 31.4 Å². The minimum Gasteiger partial charge on any atom is -0.454 e. The molecule has 2 aromatic rings. The van der Waals surface area contributed by atoms with E-state index in [1.807, 2.05) is 12.1 Å². The van der Waals surface area contributed by atoms with Crippen molar-refractivity contribution in [1.29, 1.82) is 0 Å². The standard InChI is InChI=1S/C25H32ClN5O4S/c1-3-31(10-9-30-7-5-4-6-8-30)19-12-18-15-36(33,34)21-13-17(24(32)29-25(27)28)11-16(2)22(21)35-23(18)20(26)14-19/h11-14H,3-10,15H2,1-2H3,(H4,27,28,29,32). The number of nitrogens with two attached hydrogens (primary N) is 2. The number of carbonyl (C=O) groups is 1. The molecule has 0 aliphatic carbocycles. The number of guanidine groups is 1. The maximum Gasteiger partial charge on any atom is 0.280 e. The molecule has 0 radical (unpaired) electrons. The first-order valence-electron chi connectivity index (χ1n) is 12.1. The summed E-state index contributed by atoms with van der Waals surface area (Å²) in [6, 6.07) is 6.41. The number of anilines is 1. The Hall–Kier alpha value is -2.82. The maximum absolute atomic E-state index is 13.5. The molecule has 1 saturated heterocycles. The highest BCUT2D eigenvalue weighted by Crippen LogP contribution is 2.45. The number of likely N-dealkylation sites (N-methyl/N-ethyl adjacent to an activating group) is 1. The molecule has 0 aromatic heterocycles. The van der Waals surface area contributed by atoms with E-state index in [9.17, 15) is 13.2 Å². The SMILES string of the molecule is CCN(CCN1CCCCC1)c1cc(Cl)c2c(c1)CS(=O)(=O)c1cc(C(=O)N=C(N)N)cc(C)c1O2. The zero-order valence-electron chi connectivity index (χ0n) is 20.6. The number of piperidine rings is 1. The van der Waals surface area contributed by atoms with Gasteiger partial charge in [0, 0.05) is 36.4 Å². The highest BCUT2D eigenvalue weighted by molar-refractivity contribution is 7.90. The van der Waals surface area contributed by atoms with E-state index < -0.39 is 21.7 Å². The summed E-state index contributed by atoms with van der Waals surface area (Å²) < 4.78 is 33.0. The van der Waals surface area contributed by atoms with Gasteiger partial charge in [-0.3, -0.25) is 4.79 Å². The fourth-order valence-corrected chi connectivity index (χ4v) is 6.59. The zero-order chi connectivity index (χ0) is 26.0. The van der Waals surface area contributed by atoms with Gasteiger partial charge in [0.25, 0.3) is 5.91 Å². The molecule has 4 rings (SSSR count). The van der Waals surface area contributed by atoms with Gasteiger partial charge >= 0.3 is 0 Å². The van der Waals surface area contributed by atoms with Gasteiger partial charge in [0.15, 0.2) is 15.8 Å². The van der Waals surface area contributed by atoms with Crippen molar-refractivity contribution in [1.82, 2.24) is 4.90 Å². The fourth-order valence-electron chi connectivity index (χ4n) is 4.75. The van der Waals surface area contributed by atoms with Crippen LogP contribution in [-0.4, -0.2) is 57.9 Å². The van der Waals surface area contributed by atoms with Gasteiger partial charge in [-0.15, -0.1) is 0 Å². The van der Waals surface area contributed by atoms with Crippen LogP contribution in [0.3, 0.4) is 0 Å². The number of nitrogens with zero attached hydrogens (tertiary/aromatic N) is 3. The molecular weight excluding hydrogens is 502 g/mol. The number of rotatable bonds is 6. The van der Waals surface area contributed by atoms with Gasteiger partial charge in [0.1, 0.15) is 16.4 Å². The summed E-state index contributed by atoms with van der Waals surface area (Å²) in [6.07, 6.45) is 3.74. The lowest BCUT2D eigenvalue weighted by atomic mass is 10.1. The number of sulfone groups is 1. The summed E-state index contributed by atoms with van der Waals surface area (Å²) in [7, 11) is -3.87. The first-order valence-corrected chi connectivity index (χ1v) is 14.1. The van der Waals surface area contributed by atoms with E-state index in [-0.39, 0.29) is 22.0 Å². The van der Waals surface area contributed by atoms with Crippen LogP contribution in [-0.2, 0) is 15.6 Å². The van der Waals surface area contributed by atoms with Crippen molar-refractivity contribution in [2.45, 2.75) is 43.8 Å². The molecule has 2 aromatic carbocycles. The third-order valence-electron chi connectivity index (χ3n) is 6.59. The molecule has 0 bridgehead atoms. The molecule has 0 saturated carbocycles. The lowest BCUT2D eigenvalue weighted by Gasteiger charge is -2.31. The Morgan fingerprint density at radius 3 is 2.53 bits per heavy atom. The van der Waals surface area contributed by atoms with Crippen LogP contribution in [0.1, 0.15) is 47.7 Å². The molecule has 2 heterocycles. The van der Waals surface area contributed by atoms with Crippen LogP contribution in [0.2, 0.25) is 5.02 Å². The summed E-state index contributed by atoms with van der Waals surface area (Å²) >= 11 is 6.66. The van der Waals surface area contributed by atoms with E-state index in [2.05, 4.69) is 21.7 Å². The highest BCUT2D eigenvalue weighted by Gasteiger charge is 2.31. The average molecular weight is 534 g/mol. The maximum atomic E-state index is 13.5. The Kier molecular flexibility index (Phi) is 7.77. The second kappa shape index (κ2) is 10.7. The van der Waals surface area contributed by atoms with Crippen LogP contribution in [0.25, 0.3) is 0 Å². The summed E-state index contributed by atoms with van der Waals surface area (Å²) in [5.74, 6) is -1.00. The molecule has 36 heavy (non-hydrogen) atoms. The Labute approximate surface area is 217 Å². The zero-order valence-corrected chi connectivity index (χ0v) is 22.2. The van der Waals surface area contributed by atoms with Crippen molar-refractivity contribution < 1.29 is 17.9 Å². The molecule has 0 unspecified atom stereocenters. The molecule has 9 nitrogen and oxygen atoms in total. The smallest absolute Gasteiger partial charge is 0.280 e. The van der Waals surface area contributed by atoms with Gasteiger partial charge in [-0.1, -0.05) is 18.0 Å². The van der Waals surface area contributed by atoms with Gasteiger partial charge < -0.3 is 26.0 Å². The third kappa shape index (κ3) is 5.61. The first-order chi connectivity index (χ1) is 17.1. The molecular formula is C25H32ClN5O4S. The Bertz CT molecular complexity index is 1300. The van der Waals surface area contributed by atoms with Crippen LogP contribution in [0.4, 0.5) is 5.69 Å². The van der Waals surface area contributed by atoms with Crippen molar-refractivity contribution in [2.75, 3.05) is 37.6 Å². The van der Waals surface area contributed by atoms with Crippen LogP contribution >= 0.6 is 11.6 Å². The van der Waals surface area contributed by atoms with E-state index >= 15 is 0 Å². The molecule has 11 heteroatoms. The van der Waals surface area contributed by atoms with E-state index in [4.69, 9.17) is 27.8 Å². The number of amides is 1.